The molecule has 1 fully saturated rings. The molecule has 1 amide bonds. The van der Waals surface area contributed by atoms with Gasteiger partial charge in [-0.1, -0.05) is 54.1 Å². The number of hydrogen-bond acceptors (Lipinski definition) is 4. The Balaban J connectivity index is 1.43. The van der Waals surface area contributed by atoms with Crippen LogP contribution < -0.4 is 5.32 Å². The number of aliphatic hydroxyl groups is 2. The zero-order chi connectivity index (χ0) is 20.0. The van der Waals surface area contributed by atoms with Gasteiger partial charge in [0.15, 0.2) is 0 Å². The van der Waals surface area contributed by atoms with Crippen LogP contribution in [0.3, 0.4) is 0 Å². The molecule has 3 N–H and O–H groups in total. The predicted molar refractivity (Wildman–Crippen MR) is 110 cm³/mol. The summed E-state index contributed by atoms with van der Waals surface area (Å²) in [6, 6.07) is 17.4. The molecule has 150 valence electrons. The van der Waals surface area contributed by atoms with Crippen molar-refractivity contribution in [2.45, 2.75) is 31.0 Å². The van der Waals surface area contributed by atoms with E-state index in [1.165, 1.54) is 10.5 Å². The molecule has 1 saturated heterocycles. The molecule has 6 heteroatoms. The first-order valence-corrected chi connectivity index (χ1v) is 10.0. The maximum Gasteiger partial charge on any atom is 0.227 e. The van der Waals surface area contributed by atoms with E-state index in [4.69, 9.17) is 11.6 Å². The number of nitrogens with one attached hydrogen (secondary N) is 1. The van der Waals surface area contributed by atoms with Crippen molar-refractivity contribution in [2.24, 2.45) is 0 Å². The van der Waals surface area contributed by atoms with Crippen LogP contribution in [-0.4, -0.2) is 58.9 Å². The molecule has 0 radical (unpaired) electrons. The van der Waals surface area contributed by atoms with E-state index in [9.17, 15) is 15.0 Å². The fourth-order valence-electron chi connectivity index (χ4n) is 3.50. The number of β-amino-alcohol motifs (C(OH)–C–C–N with tert-alkyl or cyclic N) is 2. The van der Waals surface area contributed by atoms with Gasteiger partial charge in [-0.05, 0) is 42.6 Å². The molecule has 2 aromatic rings. The van der Waals surface area contributed by atoms with Gasteiger partial charge in [0.25, 0.3) is 0 Å². The fraction of sp³-hybridized carbons (Fsp3) is 0.409. The highest BCUT2D eigenvalue weighted by atomic mass is 35.5. The van der Waals surface area contributed by atoms with Crippen LogP contribution >= 0.6 is 11.6 Å². The lowest BCUT2D eigenvalue weighted by atomic mass is 10.0. The van der Waals surface area contributed by atoms with Gasteiger partial charge in [-0.25, -0.2) is 0 Å². The van der Waals surface area contributed by atoms with E-state index < -0.39 is 11.7 Å². The number of hydrogen-bond donors (Lipinski definition) is 3. The smallest absolute Gasteiger partial charge is 0.227 e. The number of amides is 1. The third-order valence-electron chi connectivity index (χ3n) is 5.19. The molecule has 0 aromatic heterocycles. The molecular formula is C22H27ClN2O3. The van der Waals surface area contributed by atoms with E-state index in [2.05, 4.69) is 17.4 Å². The quantitative estimate of drug-likeness (QED) is 0.591. The second-order valence-electron chi connectivity index (χ2n) is 7.46. The molecule has 0 bridgehead atoms. The average molecular weight is 403 g/mol. The summed E-state index contributed by atoms with van der Waals surface area (Å²) in [5.74, 6) is -0.110. The third kappa shape index (κ3) is 5.55. The van der Waals surface area contributed by atoms with Crippen LogP contribution in [0.25, 0.3) is 0 Å². The number of carbonyl (C=O) groups is 1. The van der Waals surface area contributed by atoms with Gasteiger partial charge in [-0.2, -0.15) is 0 Å². The van der Waals surface area contributed by atoms with Gasteiger partial charge in [0.05, 0.1) is 13.0 Å². The van der Waals surface area contributed by atoms with Crippen molar-refractivity contribution in [3.63, 3.8) is 0 Å². The number of halogens is 1. The second kappa shape index (κ2) is 9.52. The SMILES string of the molecule is O=C(Cc1ccc(Cl)cc1)N1C[C@@H](O)[C@](O)(CNCCCc2ccccc2)C1. The van der Waals surface area contributed by atoms with Crippen LogP contribution in [-0.2, 0) is 17.6 Å². The first kappa shape index (κ1) is 20.8. The Kier molecular flexibility index (Phi) is 7.08. The normalized spacial score (nSPS) is 21.8. The zero-order valence-electron chi connectivity index (χ0n) is 15.9. The highest BCUT2D eigenvalue weighted by Gasteiger charge is 2.45. The minimum Gasteiger partial charge on any atom is -0.388 e. The summed E-state index contributed by atoms with van der Waals surface area (Å²) in [6.45, 7) is 1.28. The molecule has 0 spiro atoms. The number of benzene rings is 2. The van der Waals surface area contributed by atoms with Gasteiger partial charge in [-0.15, -0.1) is 0 Å². The lowest BCUT2D eigenvalue weighted by molar-refractivity contribution is -0.130. The maximum absolute atomic E-state index is 12.5. The Morgan fingerprint density at radius 1 is 1.14 bits per heavy atom. The molecule has 0 unspecified atom stereocenters. The van der Waals surface area contributed by atoms with Gasteiger partial charge in [0.2, 0.25) is 5.91 Å². The van der Waals surface area contributed by atoms with Gasteiger partial charge in [0, 0.05) is 18.1 Å². The molecule has 2 aromatic carbocycles. The molecule has 1 heterocycles. The lowest BCUT2D eigenvalue weighted by Gasteiger charge is -2.26. The summed E-state index contributed by atoms with van der Waals surface area (Å²) in [7, 11) is 0. The minimum absolute atomic E-state index is 0.110. The van der Waals surface area contributed by atoms with Gasteiger partial charge in [-0.3, -0.25) is 4.79 Å². The molecule has 2 atom stereocenters. The third-order valence-corrected chi connectivity index (χ3v) is 5.44. The monoisotopic (exact) mass is 402 g/mol. The minimum atomic E-state index is -1.32. The molecule has 1 aliphatic rings. The summed E-state index contributed by atoms with van der Waals surface area (Å²) >= 11 is 5.87. The van der Waals surface area contributed by atoms with Gasteiger partial charge < -0.3 is 20.4 Å². The van der Waals surface area contributed by atoms with Crippen molar-refractivity contribution in [3.05, 3.63) is 70.7 Å². The number of rotatable bonds is 8. The van der Waals surface area contributed by atoms with E-state index >= 15 is 0 Å². The average Bonchev–Trinajstić information content (AvgIpc) is 2.99. The Morgan fingerprint density at radius 3 is 2.57 bits per heavy atom. The number of carbonyl (C=O) groups excluding carboxylic acids is 1. The predicted octanol–water partition coefficient (Wildman–Crippen LogP) is 2.04. The molecular weight excluding hydrogens is 376 g/mol. The standard InChI is InChI=1S/C22H27ClN2O3/c23-19-10-8-18(9-11-19)13-21(27)25-14-20(26)22(28,16-25)15-24-12-4-7-17-5-2-1-3-6-17/h1-3,5-6,8-11,20,24,26,28H,4,7,12-16H2/t20-,22+/m1/s1. The fourth-order valence-corrected chi connectivity index (χ4v) is 3.62. The van der Waals surface area contributed by atoms with Crippen molar-refractivity contribution in [3.8, 4) is 0 Å². The molecule has 28 heavy (non-hydrogen) atoms. The van der Waals surface area contributed by atoms with E-state index in [0.717, 1.165) is 24.9 Å². The Morgan fingerprint density at radius 2 is 1.86 bits per heavy atom. The summed E-state index contributed by atoms with van der Waals surface area (Å²) in [4.78, 5) is 14.0. The van der Waals surface area contributed by atoms with Crippen LogP contribution in [0.2, 0.25) is 5.02 Å². The summed E-state index contributed by atoms with van der Waals surface area (Å²) in [5, 5.41) is 24.9. The number of aryl methyl sites for hydroxylation is 1. The molecule has 1 aliphatic heterocycles. The van der Waals surface area contributed by atoms with E-state index in [1.807, 2.05) is 30.3 Å². The molecule has 5 nitrogen and oxygen atoms in total. The summed E-state index contributed by atoms with van der Waals surface area (Å²) < 4.78 is 0. The molecule has 0 aliphatic carbocycles. The Bertz CT molecular complexity index is 769. The Labute approximate surface area is 170 Å². The van der Waals surface area contributed by atoms with Gasteiger partial charge in [0.1, 0.15) is 11.7 Å². The van der Waals surface area contributed by atoms with Crippen LogP contribution in [0.15, 0.2) is 54.6 Å². The van der Waals surface area contributed by atoms with E-state index in [-0.39, 0.29) is 32.0 Å². The number of aliphatic hydroxyl groups excluding tert-OH is 1. The van der Waals surface area contributed by atoms with Crippen molar-refractivity contribution >= 4 is 17.5 Å². The number of nitrogens with zero attached hydrogens (tertiary/aromatic N) is 1. The summed E-state index contributed by atoms with van der Waals surface area (Å²) in [6.07, 6.45) is 1.17. The highest BCUT2D eigenvalue weighted by molar-refractivity contribution is 6.30. The topological polar surface area (TPSA) is 72.8 Å². The van der Waals surface area contributed by atoms with Crippen LogP contribution in [0.1, 0.15) is 17.5 Å². The van der Waals surface area contributed by atoms with Crippen LogP contribution in [0.4, 0.5) is 0 Å². The highest BCUT2D eigenvalue weighted by Crippen LogP contribution is 2.22. The first-order valence-electron chi connectivity index (χ1n) is 9.63. The molecule has 3 rings (SSSR count). The summed E-state index contributed by atoms with van der Waals surface area (Å²) in [5.41, 5.74) is 0.823. The van der Waals surface area contributed by atoms with Crippen molar-refractivity contribution in [2.75, 3.05) is 26.2 Å². The zero-order valence-corrected chi connectivity index (χ0v) is 16.6. The largest absolute Gasteiger partial charge is 0.388 e. The van der Waals surface area contributed by atoms with E-state index in [0.29, 0.717) is 5.02 Å². The van der Waals surface area contributed by atoms with Gasteiger partial charge >= 0.3 is 0 Å². The molecule has 0 saturated carbocycles. The first-order chi connectivity index (χ1) is 13.5. The van der Waals surface area contributed by atoms with Crippen molar-refractivity contribution in [1.29, 1.82) is 0 Å². The second-order valence-corrected chi connectivity index (χ2v) is 7.90. The number of likely N-dealkylation sites (tertiary alicyclic amines) is 1. The lowest BCUT2D eigenvalue weighted by Crippen LogP contribution is -2.50. The Hall–Kier alpha value is -1.92. The maximum atomic E-state index is 12.5. The van der Waals surface area contributed by atoms with Crippen molar-refractivity contribution in [1.82, 2.24) is 10.2 Å². The van der Waals surface area contributed by atoms with E-state index in [1.54, 1.807) is 12.1 Å². The van der Waals surface area contributed by atoms with Crippen LogP contribution in [0, 0.1) is 0 Å². The van der Waals surface area contributed by atoms with Crippen molar-refractivity contribution < 1.29 is 15.0 Å². The van der Waals surface area contributed by atoms with Crippen LogP contribution in [0.5, 0.6) is 0 Å².